The van der Waals surface area contributed by atoms with E-state index in [1.165, 1.54) is 11.8 Å². The van der Waals surface area contributed by atoms with Gasteiger partial charge >= 0.3 is 0 Å². The van der Waals surface area contributed by atoms with E-state index in [1.54, 1.807) is 21.6 Å². The Kier molecular flexibility index (Phi) is 6.45. The minimum atomic E-state index is -0.159. The summed E-state index contributed by atoms with van der Waals surface area (Å²) in [5, 5.41) is 0. The van der Waals surface area contributed by atoms with Crippen LogP contribution in [0.15, 0.2) is 28.0 Å². The summed E-state index contributed by atoms with van der Waals surface area (Å²) in [6, 6.07) is 3.84. The zero-order valence-corrected chi connectivity index (χ0v) is 20.9. The molecule has 170 valence electrons. The number of nitrogens with zero attached hydrogens (tertiary/aromatic N) is 4. The number of fused-ring (bicyclic) bond motifs is 1. The Morgan fingerprint density at radius 2 is 1.97 bits per heavy atom. The third-order valence-electron chi connectivity index (χ3n) is 6.36. The molecule has 2 aliphatic rings. The third kappa shape index (κ3) is 4.10. The molecule has 0 radical (unpaired) electrons. The molecule has 2 fully saturated rings. The zero-order chi connectivity index (χ0) is 23.2. The summed E-state index contributed by atoms with van der Waals surface area (Å²) in [6.45, 7) is 12.1. The fourth-order valence-electron chi connectivity index (χ4n) is 4.68. The topological polar surface area (TPSA) is 57.9 Å². The van der Waals surface area contributed by atoms with Crippen LogP contribution in [0.4, 0.5) is 5.82 Å². The van der Waals surface area contributed by atoms with E-state index in [9.17, 15) is 9.59 Å². The molecule has 2 aromatic heterocycles. The molecule has 2 aliphatic heterocycles. The van der Waals surface area contributed by atoms with Gasteiger partial charge in [0.2, 0.25) is 0 Å². The summed E-state index contributed by atoms with van der Waals surface area (Å²) in [6.07, 6.45) is 5.43. The largest absolute Gasteiger partial charge is 0.355 e. The van der Waals surface area contributed by atoms with Crippen molar-refractivity contribution in [2.45, 2.75) is 53.5 Å². The molecule has 4 heterocycles. The van der Waals surface area contributed by atoms with Crippen molar-refractivity contribution >= 4 is 51.7 Å². The number of amides is 1. The van der Waals surface area contributed by atoms with Crippen LogP contribution in [0.1, 0.15) is 51.7 Å². The molecular formula is C24H30N4O2S2. The van der Waals surface area contributed by atoms with Crippen LogP contribution < -0.4 is 10.5 Å². The average molecular weight is 471 g/mol. The second-order valence-corrected chi connectivity index (χ2v) is 10.9. The highest BCUT2D eigenvalue weighted by atomic mass is 32.2. The van der Waals surface area contributed by atoms with Crippen LogP contribution in [0, 0.1) is 18.8 Å². The summed E-state index contributed by atoms with van der Waals surface area (Å²) in [5.74, 6) is 1.55. The summed E-state index contributed by atoms with van der Waals surface area (Å²) in [5.41, 5.74) is 1.90. The number of hydrogen-bond acceptors (Lipinski definition) is 6. The maximum Gasteiger partial charge on any atom is 0.267 e. The highest BCUT2D eigenvalue weighted by Gasteiger charge is 2.35. The van der Waals surface area contributed by atoms with Gasteiger partial charge in [-0.05, 0) is 56.2 Å². The number of carbonyl (C=O) groups is 1. The molecule has 0 spiro atoms. The molecule has 2 saturated heterocycles. The van der Waals surface area contributed by atoms with Gasteiger partial charge in [0.25, 0.3) is 11.5 Å². The van der Waals surface area contributed by atoms with Crippen LogP contribution in [-0.4, -0.2) is 43.6 Å². The third-order valence-corrected chi connectivity index (χ3v) is 7.69. The van der Waals surface area contributed by atoms with E-state index in [0.717, 1.165) is 31.5 Å². The van der Waals surface area contributed by atoms with E-state index >= 15 is 0 Å². The van der Waals surface area contributed by atoms with E-state index in [2.05, 4.69) is 18.7 Å². The predicted octanol–water partition coefficient (Wildman–Crippen LogP) is 4.48. The Bertz CT molecular complexity index is 1160. The molecule has 4 rings (SSSR count). The number of anilines is 1. The molecule has 0 aliphatic carbocycles. The lowest BCUT2D eigenvalue weighted by Gasteiger charge is -2.36. The van der Waals surface area contributed by atoms with E-state index in [0.29, 0.717) is 38.1 Å². The van der Waals surface area contributed by atoms with Gasteiger partial charge in [0.1, 0.15) is 15.8 Å². The smallest absolute Gasteiger partial charge is 0.267 e. The fraction of sp³-hybridized carbons (Fsp3) is 0.500. The van der Waals surface area contributed by atoms with Crippen molar-refractivity contribution in [3.05, 3.63) is 44.7 Å². The summed E-state index contributed by atoms with van der Waals surface area (Å²) >= 11 is 6.76. The first-order valence-corrected chi connectivity index (χ1v) is 12.5. The zero-order valence-electron chi connectivity index (χ0n) is 19.3. The van der Waals surface area contributed by atoms with Gasteiger partial charge in [0.15, 0.2) is 0 Å². The lowest BCUT2D eigenvalue weighted by atomic mass is 9.91. The minimum absolute atomic E-state index is 0.0233. The van der Waals surface area contributed by atoms with Gasteiger partial charge in [0, 0.05) is 25.3 Å². The standard InChI is InChI=1S/C24H30N4O2S2/c1-6-17(5)28-23(30)19(32-24(28)31)11-18-21(26-12-14(2)10-15(3)13-26)25-20-16(4)8-7-9-27(20)22(18)29/h7-9,11,14-15,17H,6,10,12-13H2,1-5H3/b19-11-. The average Bonchev–Trinajstić information content (AvgIpc) is 3.02. The maximum atomic E-state index is 13.6. The molecule has 0 N–H and O–H groups in total. The first-order valence-electron chi connectivity index (χ1n) is 11.2. The molecule has 8 heteroatoms. The number of pyridine rings is 1. The molecule has 3 atom stereocenters. The number of thioether (sulfide) groups is 1. The number of rotatable bonds is 4. The second-order valence-electron chi connectivity index (χ2n) is 9.20. The van der Waals surface area contributed by atoms with Gasteiger partial charge in [-0.25, -0.2) is 4.98 Å². The summed E-state index contributed by atoms with van der Waals surface area (Å²) in [7, 11) is 0. The Hall–Kier alpha value is -2.19. The molecule has 0 bridgehead atoms. The maximum absolute atomic E-state index is 13.6. The van der Waals surface area contributed by atoms with Gasteiger partial charge < -0.3 is 4.90 Å². The van der Waals surface area contributed by atoms with E-state index in [1.807, 2.05) is 32.9 Å². The van der Waals surface area contributed by atoms with Crippen LogP contribution in [0.3, 0.4) is 0 Å². The van der Waals surface area contributed by atoms with Crippen LogP contribution in [-0.2, 0) is 4.79 Å². The van der Waals surface area contributed by atoms with E-state index < -0.39 is 0 Å². The summed E-state index contributed by atoms with van der Waals surface area (Å²) in [4.78, 5) is 36.1. The van der Waals surface area contributed by atoms with Crippen molar-refractivity contribution in [3.63, 3.8) is 0 Å². The number of aryl methyl sites for hydroxylation is 1. The van der Waals surface area contributed by atoms with E-state index in [-0.39, 0.29) is 17.5 Å². The highest BCUT2D eigenvalue weighted by Crippen LogP contribution is 2.36. The summed E-state index contributed by atoms with van der Waals surface area (Å²) < 4.78 is 2.12. The molecule has 3 unspecified atom stereocenters. The van der Waals surface area contributed by atoms with Crippen LogP contribution in [0.25, 0.3) is 11.7 Å². The Labute approximate surface area is 198 Å². The molecule has 0 aromatic carbocycles. The van der Waals surface area contributed by atoms with Gasteiger partial charge in [-0.2, -0.15) is 0 Å². The van der Waals surface area contributed by atoms with Gasteiger partial charge in [0.05, 0.1) is 10.5 Å². The molecule has 6 nitrogen and oxygen atoms in total. The number of carbonyl (C=O) groups excluding carboxylic acids is 1. The second kappa shape index (κ2) is 8.98. The van der Waals surface area contributed by atoms with Crippen molar-refractivity contribution in [3.8, 4) is 0 Å². The number of thiocarbonyl (C=S) groups is 1. The molecule has 32 heavy (non-hydrogen) atoms. The Balaban J connectivity index is 1.89. The van der Waals surface area contributed by atoms with Crippen molar-refractivity contribution in [2.24, 2.45) is 11.8 Å². The lowest BCUT2D eigenvalue weighted by Crippen LogP contribution is -2.41. The van der Waals surface area contributed by atoms with Gasteiger partial charge in [-0.1, -0.05) is 50.8 Å². The van der Waals surface area contributed by atoms with Crippen molar-refractivity contribution in [1.82, 2.24) is 14.3 Å². The number of aromatic nitrogens is 2. The monoisotopic (exact) mass is 470 g/mol. The van der Waals surface area contributed by atoms with Gasteiger partial charge in [-0.15, -0.1) is 0 Å². The van der Waals surface area contributed by atoms with Crippen molar-refractivity contribution < 1.29 is 4.79 Å². The van der Waals surface area contributed by atoms with Gasteiger partial charge in [-0.3, -0.25) is 18.9 Å². The van der Waals surface area contributed by atoms with Crippen LogP contribution >= 0.6 is 24.0 Å². The Morgan fingerprint density at radius 3 is 2.62 bits per heavy atom. The molecule has 2 aromatic rings. The first kappa shape index (κ1) is 23.0. The predicted molar refractivity (Wildman–Crippen MR) is 136 cm³/mol. The Morgan fingerprint density at radius 1 is 1.28 bits per heavy atom. The lowest BCUT2D eigenvalue weighted by molar-refractivity contribution is -0.123. The van der Waals surface area contributed by atoms with Crippen molar-refractivity contribution in [2.75, 3.05) is 18.0 Å². The molecular weight excluding hydrogens is 440 g/mol. The number of piperidine rings is 1. The fourth-order valence-corrected chi connectivity index (χ4v) is 6.12. The highest BCUT2D eigenvalue weighted by molar-refractivity contribution is 8.26. The molecule has 1 amide bonds. The van der Waals surface area contributed by atoms with E-state index in [4.69, 9.17) is 17.2 Å². The normalized spacial score (nSPS) is 24.1. The number of hydrogen-bond donors (Lipinski definition) is 0. The quantitative estimate of drug-likeness (QED) is 0.485. The molecule has 0 saturated carbocycles. The minimum Gasteiger partial charge on any atom is -0.355 e. The van der Waals surface area contributed by atoms with Crippen LogP contribution in [0.5, 0.6) is 0 Å². The van der Waals surface area contributed by atoms with Crippen LogP contribution in [0.2, 0.25) is 0 Å². The SMILES string of the molecule is CCC(C)N1C(=O)/C(=C/c2c(N3CC(C)CC(C)C3)nc3c(C)cccn3c2=O)SC1=S. The van der Waals surface area contributed by atoms with Crippen molar-refractivity contribution in [1.29, 1.82) is 0 Å². The first-order chi connectivity index (χ1) is 15.2.